The lowest BCUT2D eigenvalue weighted by atomic mass is 10.1. The Balaban J connectivity index is 2.78. The van der Waals surface area contributed by atoms with Crippen LogP contribution in [-0.2, 0) is 4.79 Å². The van der Waals surface area contributed by atoms with Crippen LogP contribution in [0.1, 0.15) is 0 Å². The fourth-order valence-corrected chi connectivity index (χ4v) is 1.96. The number of halogens is 3. The predicted octanol–water partition coefficient (Wildman–Crippen LogP) is 0.0505. The molecule has 1 heterocycles. The van der Waals surface area contributed by atoms with E-state index < -0.39 is 24.7 Å². The maximum absolute atomic E-state index is 12.6. The van der Waals surface area contributed by atoms with E-state index in [1.54, 1.807) is 14.1 Å². The van der Waals surface area contributed by atoms with Crippen LogP contribution in [0, 0.1) is 17.2 Å². The molecule has 1 amide bonds. The third kappa shape index (κ3) is 4.08. The van der Waals surface area contributed by atoms with Crippen LogP contribution in [0.2, 0.25) is 0 Å². The molecule has 0 aromatic rings. The maximum atomic E-state index is 12.6. The molecule has 0 radical (unpaired) electrons. The van der Waals surface area contributed by atoms with Crippen molar-refractivity contribution in [2.24, 2.45) is 5.92 Å². The summed E-state index contributed by atoms with van der Waals surface area (Å²) in [4.78, 5) is 14.7. The monoisotopic (exact) mass is 278 g/mol. The van der Waals surface area contributed by atoms with Crippen molar-refractivity contribution in [1.82, 2.24) is 15.1 Å². The van der Waals surface area contributed by atoms with Crippen molar-refractivity contribution in [2.75, 3.05) is 40.3 Å². The van der Waals surface area contributed by atoms with E-state index >= 15 is 0 Å². The van der Waals surface area contributed by atoms with Gasteiger partial charge in [0.15, 0.2) is 5.92 Å². The third-order valence-electron chi connectivity index (χ3n) is 3.05. The number of carbonyl (C=O) groups excluding carboxylic acids is 1. The molecule has 0 aliphatic carbocycles. The second-order valence-corrected chi connectivity index (χ2v) is 4.67. The van der Waals surface area contributed by atoms with Crippen molar-refractivity contribution in [3.8, 4) is 6.07 Å². The van der Waals surface area contributed by atoms with E-state index in [0.717, 1.165) is 0 Å². The molecule has 2 atom stereocenters. The first kappa shape index (κ1) is 15.7. The molecule has 0 aromatic carbocycles. The highest BCUT2D eigenvalue weighted by atomic mass is 19.4. The summed E-state index contributed by atoms with van der Waals surface area (Å²) in [5, 5.41) is 11.6. The summed E-state index contributed by atoms with van der Waals surface area (Å²) in [6.07, 6.45) is -4.56. The summed E-state index contributed by atoms with van der Waals surface area (Å²) in [5.41, 5.74) is 0. The Morgan fingerprint density at radius 2 is 2.21 bits per heavy atom. The van der Waals surface area contributed by atoms with Gasteiger partial charge in [-0.1, -0.05) is 0 Å². The lowest BCUT2D eigenvalue weighted by Crippen LogP contribution is -2.59. The van der Waals surface area contributed by atoms with Crippen LogP contribution in [0.15, 0.2) is 0 Å². The number of nitrogens with one attached hydrogen (secondary N) is 1. The topological polar surface area (TPSA) is 59.4 Å². The Hall–Kier alpha value is -1.33. The highest BCUT2D eigenvalue weighted by Crippen LogP contribution is 2.27. The molecule has 19 heavy (non-hydrogen) atoms. The molecular weight excluding hydrogens is 261 g/mol. The average Bonchev–Trinajstić information content (AvgIpc) is 2.33. The Kier molecular flexibility index (Phi) is 5.14. The van der Waals surface area contributed by atoms with Gasteiger partial charge in [-0.3, -0.25) is 9.69 Å². The fourth-order valence-electron chi connectivity index (χ4n) is 1.96. The number of hydrogen-bond donors (Lipinski definition) is 1. The smallest absolute Gasteiger partial charge is 0.347 e. The van der Waals surface area contributed by atoms with Gasteiger partial charge < -0.3 is 10.2 Å². The van der Waals surface area contributed by atoms with Crippen LogP contribution in [0.5, 0.6) is 0 Å². The Bertz CT molecular complexity index is 364. The minimum absolute atomic E-state index is 0.258. The van der Waals surface area contributed by atoms with Gasteiger partial charge in [-0.2, -0.15) is 18.4 Å². The molecule has 1 N–H and O–H groups in total. The minimum atomic E-state index is -4.56. The Labute approximate surface area is 110 Å². The summed E-state index contributed by atoms with van der Waals surface area (Å²) in [6.45, 7) is 0.657. The van der Waals surface area contributed by atoms with Crippen LogP contribution in [0.4, 0.5) is 13.2 Å². The summed E-state index contributed by atoms with van der Waals surface area (Å²) in [5.74, 6) is -2.32. The van der Waals surface area contributed by atoms with Gasteiger partial charge >= 0.3 is 6.18 Å². The standard InChI is InChI=1S/C11H17F3N4O/c1-17(2)10(19)9-6-16-3-4-18(9)7-8(5-15)11(12,13)14/h8-9,16H,3-4,6-7H2,1-2H3. The van der Waals surface area contributed by atoms with Gasteiger partial charge in [-0.05, 0) is 0 Å². The number of hydrogen-bond acceptors (Lipinski definition) is 4. The largest absolute Gasteiger partial charge is 0.405 e. The minimum Gasteiger partial charge on any atom is -0.347 e. The average molecular weight is 278 g/mol. The van der Waals surface area contributed by atoms with Crippen molar-refractivity contribution in [2.45, 2.75) is 12.2 Å². The van der Waals surface area contributed by atoms with Crippen molar-refractivity contribution in [3.63, 3.8) is 0 Å². The summed E-state index contributed by atoms with van der Waals surface area (Å²) < 4.78 is 37.8. The summed E-state index contributed by atoms with van der Waals surface area (Å²) in [7, 11) is 3.11. The Morgan fingerprint density at radius 3 is 2.68 bits per heavy atom. The zero-order valence-corrected chi connectivity index (χ0v) is 10.9. The van der Waals surface area contributed by atoms with E-state index in [2.05, 4.69) is 5.32 Å². The van der Waals surface area contributed by atoms with E-state index in [-0.39, 0.29) is 5.91 Å². The van der Waals surface area contributed by atoms with Gasteiger partial charge in [0.05, 0.1) is 6.07 Å². The lowest BCUT2D eigenvalue weighted by molar-refractivity contribution is -0.167. The third-order valence-corrected chi connectivity index (χ3v) is 3.05. The predicted molar refractivity (Wildman–Crippen MR) is 62.1 cm³/mol. The van der Waals surface area contributed by atoms with Crippen molar-refractivity contribution in [3.05, 3.63) is 0 Å². The van der Waals surface area contributed by atoms with Gasteiger partial charge in [0.25, 0.3) is 0 Å². The number of carbonyl (C=O) groups is 1. The van der Waals surface area contributed by atoms with Crippen LogP contribution >= 0.6 is 0 Å². The first-order chi connectivity index (χ1) is 8.77. The van der Waals surface area contributed by atoms with Gasteiger partial charge in [0, 0.05) is 40.3 Å². The van der Waals surface area contributed by atoms with Crippen LogP contribution in [0.3, 0.4) is 0 Å². The number of likely N-dealkylation sites (N-methyl/N-ethyl adjacent to an activating group) is 1. The molecule has 1 aliphatic rings. The number of rotatable bonds is 3. The van der Waals surface area contributed by atoms with Gasteiger partial charge in [-0.15, -0.1) is 0 Å². The first-order valence-electron chi connectivity index (χ1n) is 5.89. The van der Waals surface area contributed by atoms with E-state index in [1.807, 2.05) is 0 Å². The van der Waals surface area contributed by atoms with Crippen LogP contribution < -0.4 is 5.32 Å². The van der Waals surface area contributed by atoms with Crippen LogP contribution in [0.25, 0.3) is 0 Å². The SMILES string of the molecule is CN(C)C(=O)C1CNCCN1CC(C#N)C(F)(F)F. The van der Waals surface area contributed by atoms with E-state index in [1.165, 1.54) is 15.9 Å². The number of piperazine rings is 1. The summed E-state index contributed by atoms with van der Waals surface area (Å²) >= 11 is 0. The number of nitrogens with zero attached hydrogens (tertiary/aromatic N) is 3. The van der Waals surface area contributed by atoms with Gasteiger partial charge in [0.1, 0.15) is 6.04 Å². The quantitative estimate of drug-likeness (QED) is 0.792. The molecule has 1 aliphatic heterocycles. The number of nitriles is 1. The number of amides is 1. The van der Waals surface area contributed by atoms with Crippen molar-refractivity contribution in [1.29, 1.82) is 5.26 Å². The molecule has 8 heteroatoms. The molecule has 0 aromatic heterocycles. The molecule has 1 rings (SSSR count). The molecule has 1 fully saturated rings. The second-order valence-electron chi connectivity index (χ2n) is 4.67. The lowest BCUT2D eigenvalue weighted by Gasteiger charge is -2.37. The summed E-state index contributed by atoms with van der Waals surface area (Å²) in [6, 6.07) is 0.615. The normalized spacial score (nSPS) is 22.6. The highest BCUT2D eigenvalue weighted by molar-refractivity contribution is 5.81. The van der Waals surface area contributed by atoms with E-state index in [9.17, 15) is 18.0 Å². The molecule has 0 saturated carbocycles. The van der Waals surface area contributed by atoms with Gasteiger partial charge in [-0.25, -0.2) is 0 Å². The molecule has 108 valence electrons. The molecule has 1 saturated heterocycles. The maximum Gasteiger partial charge on any atom is 0.405 e. The molecule has 0 spiro atoms. The van der Waals surface area contributed by atoms with Gasteiger partial charge in [0.2, 0.25) is 5.91 Å². The Morgan fingerprint density at radius 1 is 1.58 bits per heavy atom. The fraction of sp³-hybridized carbons (Fsp3) is 0.818. The first-order valence-corrected chi connectivity index (χ1v) is 5.89. The van der Waals surface area contributed by atoms with E-state index in [0.29, 0.717) is 19.6 Å². The molecule has 5 nitrogen and oxygen atoms in total. The zero-order valence-electron chi connectivity index (χ0n) is 10.9. The van der Waals surface area contributed by atoms with E-state index in [4.69, 9.17) is 5.26 Å². The second kappa shape index (κ2) is 6.21. The molecule has 0 bridgehead atoms. The molecular formula is C11H17F3N4O. The van der Waals surface area contributed by atoms with Crippen molar-refractivity contribution < 1.29 is 18.0 Å². The van der Waals surface area contributed by atoms with Crippen LogP contribution in [-0.4, -0.2) is 68.2 Å². The molecule has 2 unspecified atom stereocenters. The zero-order chi connectivity index (χ0) is 14.6. The number of alkyl halides is 3. The van der Waals surface area contributed by atoms with Crippen molar-refractivity contribution >= 4 is 5.91 Å². The highest BCUT2D eigenvalue weighted by Gasteiger charge is 2.43.